The molecule has 98 valence electrons. The van der Waals surface area contributed by atoms with E-state index in [0.29, 0.717) is 0 Å². The molecule has 2 nitrogen and oxygen atoms in total. The van der Waals surface area contributed by atoms with Crippen molar-refractivity contribution in [2.45, 2.75) is 6.42 Å². The molecule has 0 aliphatic carbocycles. The van der Waals surface area contributed by atoms with Gasteiger partial charge in [-0.3, -0.25) is 0 Å². The highest BCUT2D eigenvalue weighted by Gasteiger charge is 2.17. The Balaban J connectivity index is 1.55. The summed E-state index contributed by atoms with van der Waals surface area (Å²) in [7, 11) is 0. The summed E-state index contributed by atoms with van der Waals surface area (Å²) in [5, 5.41) is 0. The number of anilines is 1. The molecular formula is C16H16BrNO. The minimum absolute atomic E-state index is 0.718. The van der Waals surface area contributed by atoms with Crippen LogP contribution >= 0.6 is 15.9 Å². The molecular weight excluding hydrogens is 302 g/mol. The second-order valence-electron chi connectivity index (χ2n) is 4.67. The summed E-state index contributed by atoms with van der Waals surface area (Å²) < 4.78 is 6.85. The highest BCUT2D eigenvalue weighted by molar-refractivity contribution is 9.10. The largest absolute Gasteiger partial charge is 0.492 e. The number of rotatable bonds is 4. The molecule has 2 aromatic carbocycles. The van der Waals surface area contributed by atoms with E-state index in [1.807, 2.05) is 24.3 Å². The Kier molecular flexibility index (Phi) is 3.74. The Bertz CT molecular complexity index is 553. The highest BCUT2D eigenvalue weighted by atomic mass is 79.9. The van der Waals surface area contributed by atoms with E-state index >= 15 is 0 Å². The molecule has 0 spiro atoms. The van der Waals surface area contributed by atoms with Crippen molar-refractivity contribution >= 4 is 21.6 Å². The van der Waals surface area contributed by atoms with Crippen LogP contribution in [0.15, 0.2) is 53.0 Å². The average Bonchev–Trinajstić information content (AvgIpc) is 2.85. The Morgan fingerprint density at radius 2 is 1.84 bits per heavy atom. The lowest BCUT2D eigenvalue weighted by Crippen LogP contribution is -2.26. The summed E-state index contributed by atoms with van der Waals surface area (Å²) in [5.41, 5.74) is 2.81. The third kappa shape index (κ3) is 2.92. The zero-order valence-corrected chi connectivity index (χ0v) is 12.3. The van der Waals surface area contributed by atoms with E-state index in [1.165, 1.54) is 11.3 Å². The van der Waals surface area contributed by atoms with Gasteiger partial charge >= 0.3 is 0 Å². The topological polar surface area (TPSA) is 12.5 Å². The summed E-state index contributed by atoms with van der Waals surface area (Å²) in [6.07, 6.45) is 1.15. The first-order valence-corrected chi connectivity index (χ1v) is 7.33. The number of hydrogen-bond acceptors (Lipinski definition) is 2. The van der Waals surface area contributed by atoms with Gasteiger partial charge in [-0.2, -0.15) is 0 Å². The van der Waals surface area contributed by atoms with Gasteiger partial charge in [0.05, 0.1) is 6.54 Å². The van der Waals surface area contributed by atoms with Gasteiger partial charge in [-0.1, -0.05) is 34.1 Å². The van der Waals surface area contributed by atoms with Crippen LogP contribution in [0.1, 0.15) is 5.56 Å². The molecule has 0 bridgehead atoms. The molecule has 0 saturated heterocycles. The Morgan fingerprint density at radius 3 is 2.68 bits per heavy atom. The van der Waals surface area contributed by atoms with Crippen LogP contribution in [0.5, 0.6) is 5.75 Å². The fourth-order valence-corrected chi connectivity index (χ4v) is 2.71. The van der Waals surface area contributed by atoms with E-state index in [1.54, 1.807) is 0 Å². The van der Waals surface area contributed by atoms with Gasteiger partial charge in [-0.05, 0) is 42.3 Å². The predicted octanol–water partition coefficient (Wildman–Crippen LogP) is 3.89. The third-order valence-corrected chi connectivity index (χ3v) is 3.96. The molecule has 1 aliphatic heterocycles. The zero-order chi connectivity index (χ0) is 13.1. The number of para-hydroxylation sites is 1. The van der Waals surface area contributed by atoms with Crippen molar-refractivity contribution < 1.29 is 4.74 Å². The van der Waals surface area contributed by atoms with Gasteiger partial charge in [0.2, 0.25) is 0 Å². The molecule has 0 fully saturated rings. The molecule has 0 atom stereocenters. The molecule has 3 rings (SSSR count). The number of nitrogens with zero attached hydrogens (tertiary/aromatic N) is 1. The number of hydrogen-bond donors (Lipinski definition) is 0. The van der Waals surface area contributed by atoms with Crippen molar-refractivity contribution in [3.05, 3.63) is 58.6 Å². The van der Waals surface area contributed by atoms with Crippen molar-refractivity contribution in [2.24, 2.45) is 0 Å². The lowest BCUT2D eigenvalue weighted by molar-refractivity contribution is 0.324. The van der Waals surface area contributed by atoms with Crippen LogP contribution in [0.3, 0.4) is 0 Å². The van der Waals surface area contributed by atoms with Crippen LogP contribution in [0.2, 0.25) is 0 Å². The van der Waals surface area contributed by atoms with Crippen LogP contribution in [0.25, 0.3) is 0 Å². The second-order valence-corrected chi connectivity index (χ2v) is 5.58. The molecule has 1 heterocycles. The van der Waals surface area contributed by atoms with Gasteiger partial charge in [0.15, 0.2) is 0 Å². The summed E-state index contributed by atoms with van der Waals surface area (Å²) in [4.78, 5) is 2.40. The van der Waals surface area contributed by atoms with Crippen molar-refractivity contribution in [1.82, 2.24) is 0 Å². The Morgan fingerprint density at radius 1 is 1.05 bits per heavy atom. The van der Waals surface area contributed by atoms with E-state index in [-0.39, 0.29) is 0 Å². The SMILES string of the molecule is Brc1ccc(OCCN2CCc3ccccc32)cc1. The first kappa shape index (κ1) is 12.5. The van der Waals surface area contributed by atoms with E-state index in [2.05, 4.69) is 45.1 Å². The minimum atomic E-state index is 0.718. The number of halogens is 1. The maximum atomic E-state index is 5.78. The van der Waals surface area contributed by atoms with E-state index in [4.69, 9.17) is 4.74 Å². The minimum Gasteiger partial charge on any atom is -0.492 e. The van der Waals surface area contributed by atoms with Crippen LogP contribution in [0, 0.1) is 0 Å². The monoisotopic (exact) mass is 317 g/mol. The highest BCUT2D eigenvalue weighted by Crippen LogP contribution is 2.27. The molecule has 0 amide bonds. The maximum absolute atomic E-state index is 5.78. The molecule has 19 heavy (non-hydrogen) atoms. The fraction of sp³-hybridized carbons (Fsp3) is 0.250. The smallest absolute Gasteiger partial charge is 0.119 e. The van der Waals surface area contributed by atoms with Crippen LogP contribution in [-0.4, -0.2) is 19.7 Å². The van der Waals surface area contributed by atoms with Gasteiger partial charge in [-0.25, -0.2) is 0 Å². The summed E-state index contributed by atoms with van der Waals surface area (Å²) in [6, 6.07) is 16.6. The van der Waals surface area contributed by atoms with Crippen LogP contribution in [-0.2, 0) is 6.42 Å². The first-order chi connectivity index (χ1) is 9.33. The van der Waals surface area contributed by atoms with E-state index in [0.717, 1.165) is 36.3 Å². The summed E-state index contributed by atoms with van der Waals surface area (Å²) in [5.74, 6) is 0.927. The van der Waals surface area contributed by atoms with Gasteiger partial charge < -0.3 is 9.64 Å². The summed E-state index contributed by atoms with van der Waals surface area (Å²) >= 11 is 3.42. The van der Waals surface area contributed by atoms with Crippen LogP contribution < -0.4 is 9.64 Å². The molecule has 0 saturated carbocycles. The van der Waals surface area contributed by atoms with Gasteiger partial charge in [-0.15, -0.1) is 0 Å². The molecule has 0 radical (unpaired) electrons. The molecule has 0 aromatic heterocycles. The van der Waals surface area contributed by atoms with Crippen molar-refractivity contribution in [1.29, 1.82) is 0 Å². The molecule has 0 unspecified atom stereocenters. The lowest BCUT2D eigenvalue weighted by Gasteiger charge is -2.19. The maximum Gasteiger partial charge on any atom is 0.119 e. The molecule has 2 aromatic rings. The predicted molar refractivity (Wildman–Crippen MR) is 82.0 cm³/mol. The van der Waals surface area contributed by atoms with Gasteiger partial charge in [0.25, 0.3) is 0 Å². The van der Waals surface area contributed by atoms with E-state index < -0.39 is 0 Å². The normalized spacial score (nSPS) is 13.4. The van der Waals surface area contributed by atoms with E-state index in [9.17, 15) is 0 Å². The second kappa shape index (κ2) is 5.66. The number of fused-ring (bicyclic) bond motifs is 1. The van der Waals surface area contributed by atoms with Gasteiger partial charge in [0, 0.05) is 16.7 Å². The number of ether oxygens (including phenoxy) is 1. The quantitative estimate of drug-likeness (QED) is 0.848. The lowest BCUT2D eigenvalue weighted by atomic mass is 10.2. The van der Waals surface area contributed by atoms with Gasteiger partial charge in [0.1, 0.15) is 12.4 Å². The Labute approximate surface area is 122 Å². The average molecular weight is 318 g/mol. The van der Waals surface area contributed by atoms with Crippen molar-refractivity contribution in [2.75, 3.05) is 24.6 Å². The van der Waals surface area contributed by atoms with Crippen molar-refractivity contribution in [3.63, 3.8) is 0 Å². The number of benzene rings is 2. The standard InChI is InChI=1S/C16H16BrNO/c17-14-5-7-15(8-6-14)19-12-11-18-10-9-13-3-1-2-4-16(13)18/h1-8H,9-12H2. The third-order valence-electron chi connectivity index (χ3n) is 3.43. The van der Waals surface area contributed by atoms with Crippen molar-refractivity contribution in [3.8, 4) is 5.75 Å². The zero-order valence-electron chi connectivity index (χ0n) is 10.7. The fourth-order valence-electron chi connectivity index (χ4n) is 2.44. The van der Waals surface area contributed by atoms with Crippen LogP contribution in [0.4, 0.5) is 5.69 Å². The molecule has 1 aliphatic rings. The molecule has 3 heteroatoms. The first-order valence-electron chi connectivity index (χ1n) is 6.54. The molecule has 0 N–H and O–H groups in total. The Hall–Kier alpha value is -1.48. The summed E-state index contributed by atoms with van der Waals surface area (Å²) in [6.45, 7) is 2.76.